The van der Waals surface area contributed by atoms with E-state index >= 15 is 0 Å². The quantitative estimate of drug-likeness (QED) is 0.706. The largest absolute Gasteiger partial charge is 0.476 e. The van der Waals surface area contributed by atoms with Crippen molar-refractivity contribution < 1.29 is 17.9 Å². The minimum Gasteiger partial charge on any atom is -0.476 e. The van der Waals surface area contributed by atoms with Crippen LogP contribution in [0, 0.1) is 5.92 Å². The third-order valence-corrected chi connectivity index (χ3v) is 8.39. The summed E-state index contributed by atoms with van der Waals surface area (Å²) in [5.74, 6) is 0.279. The molecule has 2 bridgehead atoms. The topological polar surface area (TPSA) is 88.9 Å². The third kappa shape index (κ3) is 3.10. The third-order valence-electron chi connectivity index (χ3n) is 6.56. The van der Waals surface area contributed by atoms with Gasteiger partial charge in [0.05, 0.1) is 10.6 Å². The zero-order valence-corrected chi connectivity index (χ0v) is 18.6. The number of pyridine rings is 1. The second-order valence-electron chi connectivity index (χ2n) is 9.13. The lowest BCUT2D eigenvalue weighted by atomic mass is 9.84. The molecule has 31 heavy (non-hydrogen) atoms. The van der Waals surface area contributed by atoms with E-state index in [0.717, 1.165) is 12.1 Å². The van der Waals surface area contributed by atoms with Crippen molar-refractivity contribution in [1.82, 2.24) is 8.87 Å². The van der Waals surface area contributed by atoms with Crippen LogP contribution in [0.1, 0.15) is 31.9 Å². The number of nitrogens with zero attached hydrogens (tertiary/aromatic N) is 3. The lowest BCUT2D eigenvalue weighted by molar-refractivity contribution is -0.132. The maximum Gasteiger partial charge on any atom is 0.270 e. The highest BCUT2D eigenvalue weighted by atomic mass is 32.2. The fourth-order valence-electron chi connectivity index (χ4n) is 5.04. The van der Waals surface area contributed by atoms with E-state index < -0.39 is 15.6 Å². The first-order valence-corrected chi connectivity index (χ1v) is 11.8. The van der Waals surface area contributed by atoms with Crippen molar-refractivity contribution in [2.75, 3.05) is 25.0 Å². The van der Waals surface area contributed by atoms with Crippen molar-refractivity contribution in [3.63, 3.8) is 0 Å². The van der Waals surface area contributed by atoms with Gasteiger partial charge in [0.2, 0.25) is 10.0 Å². The number of hydrogen-bond donors (Lipinski definition) is 0. The number of carbonyl (C=O) groups excluding carboxylic acids is 1. The van der Waals surface area contributed by atoms with Crippen molar-refractivity contribution in [1.29, 1.82) is 0 Å². The molecule has 2 aromatic rings. The molecule has 1 saturated heterocycles. The van der Waals surface area contributed by atoms with Gasteiger partial charge < -0.3 is 14.2 Å². The van der Waals surface area contributed by atoms with Crippen molar-refractivity contribution in [3.05, 3.63) is 52.4 Å². The van der Waals surface area contributed by atoms with E-state index in [1.54, 1.807) is 43.7 Å². The second-order valence-corrected chi connectivity index (χ2v) is 11.1. The molecule has 1 aromatic heterocycles. The first-order valence-electron chi connectivity index (χ1n) is 10.4. The zero-order chi connectivity index (χ0) is 22.1. The highest BCUT2D eigenvalue weighted by Gasteiger charge is 2.42. The maximum absolute atomic E-state index is 13.5. The van der Waals surface area contributed by atoms with Gasteiger partial charge in [-0.05, 0) is 44.4 Å². The van der Waals surface area contributed by atoms with E-state index in [1.807, 2.05) is 6.07 Å². The average Bonchev–Trinajstić information content (AvgIpc) is 2.72. The Morgan fingerprint density at radius 1 is 1.06 bits per heavy atom. The second kappa shape index (κ2) is 6.67. The number of fused-ring (bicyclic) bond motifs is 5. The Morgan fingerprint density at radius 2 is 1.84 bits per heavy atom. The van der Waals surface area contributed by atoms with Crippen LogP contribution < -0.4 is 15.2 Å². The van der Waals surface area contributed by atoms with Crippen LogP contribution in [0.2, 0.25) is 0 Å². The molecule has 4 heterocycles. The van der Waals surface area contributed by atoms with Gasteiger partial charge in [0.15, 0.2) is 5.60 Å². The molecule has 2 atom stereocenters. The number of anilines is 1. The number of amides is 1. The minimum absolute atomic E-state index is 0.00672. The molecule has 2 unspecified atom stereocenters. The Bertz CT molecular complexity index is 1250. The number of piperidine rings is 1. The number of carbonyl (C=O) groups is 1. The fraction of sp³-hybridized carbons (Fsp3) is 0.455. The molecule has 1 fully saturated rings. The van der Waals surface area contributed by atoms with Gasteiger partial charge in [-0.1, -0.05) is 6.07 Å². The van der Waals surface area contributed by atoms with Crippen molar-refractivity contribution in [2.24, 2.45) is 5.92 Å². The van der Waals surface area contributed by atoms with Crippen LogP contribution in [0.5, 0.6) is 5.75 Å². The van der Waals surface area contributed by atoms with Crippen LogP contribution in [0.4, 0.5) is 5.69 Å². The Balaban J connectivity index is 1.49. The molecule has 0 saturated carbocycles. The molecular formula is C22H25N3O5S. The molecule has 0 N–H and O–H groups in total. The number of aromatic nitrogens is 1. The van der Waals surface area contributed by atoms with Gasteiger partial charge in [0, 0.05) is 50.4 Å². The van der Waals surface area contributed by atoms with Gasteiger partial charge in [-0.2, -0.15) is 4.31 Å². The predicted molar refractivity (Wildman–Crippen MR) is 115 cm³/mol. The van der Waals surface area contributed by atoms with E-state index in [0.29, 0.717) is 31.1 Å². The molecule has 0 spiro atoms. The lowest BCUT2D eigenvalue weighted by Crippen LogP contribution is -2.51. The highest BCUT2D eigenvalue weighted by molar-refractivity contribution is 7.89. The molecule has 1 aromatic carbocycles. The maximum atomic E-state index is 13.5. The number of ether oxygens (including phenoxy) is 1. The van der Waals surface area contributed by atoms with Gasteiger partial charge in [-0.15, -0.1) is 0 Å². The van der Waals surface area contributed by atoms with Crippen LogP contribution in [-0.4, -0.2) is 48.9 Å². The fourth-order valence-corrected chi connectivity index (χ4v) is 6.62. The molecule has 9 heteroatoms. The van der Waals surface area contributed by atoms with Crippen LogP contribution in [0.25, 0.3) is 0 Å². The summed E-state index contributed by atoms with van der Waals surface area (Å²) in [6.45, 7) is 4.58. The van der Waals surface area contributed by atoms with Gasteiger partial charge in [-0.25, -0.2) is 8.42 Å². The summed E-state index contributed by atoms with van der Waals surface area (Å²) in [4.78, 5) is 26.3. The van der Waals surface area contributed by atoms with Crippen molar-refractivity contribution in [3.8, 4) is 5.75 Å². The van der Waals surface area contributed by atoms with Crippen LogP contribution >= 0.6 is 0 Å². The summed E-state index contributed by atoms with van der Waals surface area (Å²) in [6.07, 6.45) is 0.879. The van der Waals surface area contributed by atoms with E-state index in [1.165, 1.54) is 21.3 Å². The Morgan fingerprint density at radius 3 is 2.61 bits per heavy atom. The van der Waals surface area contributed by atoms with Crippen LogP contribution in [0.3, 0.4) is 0 Å². The lowest BCUT2D eigenvalue weighted by Gasteiger charge is -2.42. The Kier molecular flexibility index (Phi) is 4.36. The molecule has 3 aliphatic rings. The van der Waals surface area contributed by atoms with E-state index in [2.05, 4.69) is 0 Å². The SMILES string of the molecule is CN1C(=O)C(C)(C)Oc2cc(S(=O)(=O)N3CC4CC(C3)c3cccc(=O)n3C4)ccc21. The number of likely N-dealkylation sites (N-methyl/N-ethyl adjacent to an activating group) is 1. The Hall–Kier alpha value is -2.65. The molecule has 0 aliphatic carbocycles. The molecule has 3 aliphatic heterocycles. The van der Waals surface area contributed by atoms with E-state index in [-0.39, 0.29) is 28.2 Å². The molecular weight excluding hydrogens is 418 g/mol. The summed E-state index contributed by atoms with van der Waals surface area (Å²) >= 11 is 0. The van der Waals surface area contributed by atoms with Gasteiger partial charge in [0.1, 0.15) is 5.75 Å². The first-order chi connectivity index (χ1) is 14.6. The minimum atomic E-state index is -3.76. The first kappa shape index (κ1) is 20.3. The van der Waals surface area contributed by atoms with Gasteiger partial charge in [0.25, 0.3) is 11.5 Å². The standard InChI is InChI=1S/C22H25N3O5S/c1-22(2)21(27)23(3)18-8-7-16(10-19(18)30-22)31(28,29)24-11-14-9-15(13-24)17-5-4-6-20(26)25(17)12-14/h4-8,10,14-15H,9,11-13H2,1-3H3. The summed E-state index contributed by atoms with van der Waals surface area (Å²) in [5.41, 5.74) is 0.353. The normalized spacial score (nSPS) is 24.9. The summed E-state index contributed by atoms with van der Waals surface area (Å²) in [5, 5.41) is 0. The average molecular weight is 444 g/mol. The number of benzene rings is 1. The van der Waals surface area contributed by atoms with Gasteiger partial charge in [-0.3, -0.25) is 9.59 Å². The molecule has 1 amide bonds. The predicted octanol–water partition coefficient (Wildman–Crippen LogP) is 1.79. The highest BCUT2D eigenvalue weighted by Crippen LogP contribution is 2.41. The number of rotatable bonds is 2. The molecule has 164 valence electrons. The monoisotopic (exact) mass is 443 g/mol. The summed E-state index contributed by atoms with van der Waals surface area (Å²) in [6, 6.07) is 9.87. The molecule has 0 radical (unpaired) electrons. The van der Waals surface area contributed by atoms with E-state index in [4.69, 9.17) is 4.74 Å². The van der Waals surface area contributed by atoms with Crippen molar-refractivity contribution in [2.45, 2.75) is 43.2 Å². The van der Waals surface area contributed by atoms with Crippen molar-refractivity contribution >= 4 is 21.6 Å². The molecule has 5 rings (SSSR count). The summed E-state index contributed by atoms with van der Waals surface area (Å²) < 4.78 is 36.2. The number of hydrogen-bond acceptors (Lipinski definition) is 5. The smallest absolute Gasteiger partial charge is 0.270 e. The van der Waals surface area contributed by atoms with E-state index in [9.17, 15) is 18.0 Å². The number of sulfonamides is 1. The van der Waals surface area contributed by atoms with Gasteiger partial charge >= 0.3 is 0 Å². The Labute approximate surface area is 181 Å². The summed E-state index contributed by atoms with van der Waals surface area (Å²) in [7, 11) is -2.10. The van der Waals surface area contributed by atoms with Crippen LogP contribution in [-0.2, 0) is 21.4 Å². The zero-order valence-electron chi connectivity index (χ0n) is 17.7. The molecule has 8 nitrogen and oxygen atoms in total. The van der Waals surface area contributed by atoms with Crippen LogP contribution in [0.15, 0.2) is 46.1 Å².